The van der Waals surface area contributed by atoms with E-state index >= 15 is 0 Å². The summed E-state index contributed by atoms with van der Waals surface area (Å²) in [7, 11) is 1.94. The lowest BCUT2D eigenvalue weighted by molar-refractivity contribution is -0.134. The molecule has 0 bridgehead atoms. The third-order valence-corrected chi connectivity index (χ3v) is 7.70. The number of hydrogen-bond donors (Lipinski definition) is 0. The highest BCUT2D eigenvalue weighted by atomic mass is 16.5. The number of likely N-dealkylation sites (tertiary alicyclic amines) is 1. The van der Waals surface area contributed by atoms with Crippen LogP contribution >= 0.6 is 0 Å². The van der Waals surface area contributed by atoms with Crippen LogP contribution in [0.5, 0.6) is 5.75 Å². The van der Waals surface area contributed by atoms with E-state index in [-0.39, 0.29) is 17.9 Å². The van der Waals surface area contributed by atoms with Gasteiger partial charge in [0, 0.05) is 31.7 Å². The molecule has 0 aliphatic carbocycles. The molecule has 0 radical (unpaired) electrons. The van der Waals surface area contributed by atoms with Crippen LogP contribution in [0, 0.1) is 5.41 Å². The molecule has 5 rings (SSSR count). The first-order chi connectivity index (χ1) is 16.6. The number of ether oxygens (including phenoxy) is 1. The van der Waals surface area contributed by atoms with Crippen LogP contribution in [-0.4, -0.2) is 54.0 Å². The number of para-hydroxylation sites is 2. The number of pyridine rings is 1. The zero-order chi connectivity index (χ0) is 23.4. The number of nitrogens with zero attached hydrogens (tertiary/aromatic N) is 3. The molecular formula is C29H35N3O2. The number of carbonyl (C=O) groups is 1. The molecule has 3 heterocycles. The van der Waals surface area contributed by atoms with Crippen molar-refractivity contribution in [2.24, 2.45) is 5.41 Å². The van der Waals surface area contributed by atoms with Crippen molar-refractivity contribution in [2.45, 2.75) is 45.1 Å². The van der Waals surface area contributed by atoms with Crippen LogP contribution in [0.25, 0.3) is 10.9 Å². The smallest absolute Gasteiger partial charge is 0.260 e. The van der Waals surface area contributed by atoms with E-state index in [1.165, 1.54) is 29.4 Å². The molecule has 0 atom stereocenters. The summed E-state index contributed by atoms with van der Waals surface area (Å²) in [5.41, 5.74) is 3.74. The third kappa shape index (κ3) is 5.25. The number of amides is 1. The van der Waals surface area contributed by atoms with Gasteiger partial charge in [-0.3, -0.25) is 14.7 Å². The largest absolute Gasteiger partial charge is 0.483 e. The fourth-order valence-electron chi connectivity index (χ4n) is 5.64. The van der Waals surface area contributed by atoms with E-state index in [0.29, 0.717) is 0 Å². The minimum atomic E-state index is 0.0689. The van der Waals surface area contributed by atoms with Crippen LogP contribution in [0.2, 0.25) is 0 Å². The van der Waals surface area contributed by atoms with Gasteiger partial charge in [0.2, 0.25) is 0 Å². The average molecular weight is 458 g/mol. The van der Waals surface area contributed by atoms with E-state index in [0.717, 1.165) is 63.1 Å². The zero-order valence-corrected chi connectivity index (χ0v) is 20.2. The Bertz CT molecular complexity index is 1140. The van der Waals surface area contributed by atoms with Crippen molar-refractivity contribution in [3.05, 3.63) is 71.9 Å². The fourth-order valence-corrected chi connectivity index (χ4v) is 5.64. The summed E-state index contributed by atoms with van der Waals surface area (Å²) in [5, 5.41) is 1.21. The summed E-state index contributed by atoms with van der Waals surface area (Å²) in [6.45, 7) is 4.00. The van der Waals surface area contributed by atoms with Gasteiger partial charge in [-0.05, 0) is 79.9 Å². The summed E-state index contributed by atoms with van der Waals surface area (Å²) in [6.07, 6.45) is 8.81. The SMILES string of the molecule is CN1CC2(CCCCc3ccccc3OCC1=O)CCN(Cc1cnc3ccccc3c1)CC2. The lowest BCUT2D eigenvalue weighted by Crippen LogP contribution is -2.47. The van der Waals surface area contributed by atoms with Gasteiger partial charge < -0.3 is 9.64 Å². The molecule has 0 N–H and O–H groups in total. The highest BCUT2D eigenvalue weighted by Gasteiger charge is 2.36. The second kappa shape index (κ2) is 10.1. The molecule has 5 nitrogen and oxygen atoms in total. The summed E-state index contributed by atoms with van der Waals surface area (Å²) in [6, 6.07) is 18.7. The van der Waals surface area contributed by atoms with Crippen LogP contribution in [0.1, 0.15) is 43.2 Å². The monoisotopic (exact) mass is 457 g/mol. The normalized spacial score (nSPS) is 19.8. The van der Waals surface area contributed by atoms with Crippen molar-refractivity contribution in [2.75, 3.05) is 33.3 Å². The van der Waals surface area contributed by atoms with Crippen molar-refractivity contribution in [1.82, 2.24) is 14.8 Å². The number of carbonyl (C=O) groups excluding carboxylic acids is 1. The molecule has 0 saturated carbocycles. The van der Waals surface area contributed by atoms with Gasteiger partial charge in [-0.15, -0.1) is 0 Å². The Kier molecular flexibility index (Phi) is 6.82. The number of fused-ring (bicyclic) bond motifs is 2. The van der Waals surface area contributed by atoms with Crippen LogP contribution in [-0.2, 0) is 17.8 Å². The molecule has 178 valence electrons. The number of piperidine rings is 1. The number of hydrogen-bond acceptors (Lipinski definition) is 4. The van der Waals surface area contributed by atoms with Crippen LogP contribution in [0.15, 0.2) is 60.8 Å². The number of aromatic nitrogens is 1. The van der Waals surface area contributed by atoms with Crippen molar-refractivity contribution >= 4 is 16.8 Å². The topological polar surface area (TPSA) is 45.7 Å². The minimum absolute atomic E-state index is 0.0689. The van der Waals surface area contributed by atoms with Gasteiger partial charge in [-0.25, -0.2) is 0 Å². The Labute approximate surface area is 202 Å². The van der Waals surface area contributed by atoms with Gasteiger partial charge in [0.05, 0.1) is 5.52 Å². The minimum Gasteiger partial charge on any atom is -0.483 e. The highest BCUT2D eigenvalue weighted by molar-refractivity contribution is 5.78. The van der Waals surface area contributed by atoms with Gasteiger partial charge in [0.1, 0.15) is 5.75 Å². The first kappa shape index (κ1) is 22.9. The zero-order valence-electron chi connectivity index (χ0n) is 20.2. The molecule has 2 aliphatic heterocycles. The van der Waals surface area contributed by atoms with Crippen molar-refractivity contribution in [3.8, 4) is 5.75 Å². The lowest BCUT2D eigenvalue weighted by atomic mass is 9.73. The molecule has 1 fully saturated rings. The van der Waals surface area contributed by atoms with E-state index in [4.69, 9.17) is 4.74 Å². The van der Waals surface area contributed by atoms with E-state index in [2.05, 4.69) is 46.3 Å². The highest BCUT2D eigenvalue weighted by Crippen LogP contribution is 2.38. The maximum absolute atomic E-state index is 12.9. The molecule has 1 spiro atoms. The molecule has 2 aliphatic rings. The van der Waals surface area contributed by atoms with Crippen molar-refractivity contribution in [1.29, 1.82) is 0 Å². The van der Waals surface area contributed by atoms with Crippen molar-refractivity contribution in [3.63, 3.8) is 0 Å². The summed E-state index contributed by atoms with van der Waals surface area (Å²) >= 11 is 0. The molecule has 2 aromatic carbocycles. The predicted molar refractivity (Wildman–Crippen MR) is 136 cm³/mol. The Morgan fingerprint density at radius 1 is 1.00 bits per heavy atom. The molecule has 1 amide bonds. The molecule has 3 aromatic rings. The molecule has 1 aromatic heterocycles. The predicted octanol–water partition coefficient (Wildman–Crippen LogP) is 5.08. The van der Waals surface area contributed by atoms with E-state index < -0.39 is 0 Å². The summed E-state index contributed by atoms with van der Waals surface area (Å²) in [5.74, 6) is 0.926. The quantitative estimate of drug-likeness (QED) is 0.538. The van der Waals surface area contributed by atoms with Gasteiger partial charge >= 0.3 is 0 Å². The number of benzene rings is 2. The number of rotatable bonds is 2. The Hall–Kier alpha value is -2.92. The molecule has 5 heteroatoms. The van der Waals surface area contributed by atoms with Gasteiger partial charge in [-0.2, -0.15) is 0 Å². The van der Waals surface area contributed by atoms with Crippen LogP contribution in [0.3, 0.4) is 0 Å². The van der Waals surface area contributed by atoms with Gasteiger partial charge in [-0.1, -0.05) is 42.8 Å². The fraction of sp³-hybridized carbons (Fsp3) is 0.448. The lowest BCUT2D eigenvalue weighted by Gasteiger charge is -2.44. The molecular weight excluding hydrogens is 422 g/mol. The maximum Gasteiger partial charge on any atom is 0.260 e. The summed E-state index contributed by atoms with van der Waals surface area (Å²) in [4.78, 5) is 22.0. The first-order valence-electron chi connectivity index (χ1n) is 12.6. The Morgan fingerprint density at radius 2 is 1.79 bits per heavy atom. The summed E-state index contributed by atoms with van der Waals surface area (Å²) < 4.78 is 5.93. The van der Waals surface area contributed by atoms with E-state index in [1.54, 1.807) is 0 Å². The van der Waals surface area contributed by atoms with E-state index in [9.17, 15) is 4.79 Å². The second-order valence-corrected chi connectivity index (χ2v) is 10.2. The van der Waals surface area contributed by atoms with Crippen LogP contribution < -0.4 is 4.74 Å². The molecule has 34 heavy (non-hydrogen) atoms. The van der Waals surface area contributed by atoms with E-state index in [1.807, 2.05) is 36.3 Å². The molecule has 0 unspecified atom stereocenters. The maximum atomic E-state index is 12.9. The number of aryl methyl sites for hydroxylation is 1. The first-order valence-corrected chi connectivity index (χ1v) is 12.6. The second-order valence-electron chi connectivity index (χ2n) is 10.2. The third-order valence-electron chi connectivity index (χ3n) is 7.70. The average Bonchev–Trinajstić information content (AvgIpc) is 2.86. The molecule has 1 saturated heterocycles. The van der Waals surface area contributed by atoms with Crippen molar-refractivity contribution < 1.29 is 9.53 Å². The van der Waals surface area contributed by atoms with Gasteiger partial charge in [0.25, 0.3) is 5.91 Å². The van der Waals surface area contributed by atoms with Crippen LogP contribution in [0.4, 0.5) is 0 Å². The number of likely N-dealkylation sites (N-methyl/N-ethyl adjacent to an activating group) is 1. The Balaban J connectivity index is 1.24. The Morgan fingerprint density at radius 3 is 2.68 bits per heavy atom. The van der Waals surface area contributed by atoms with Gasteiger partial charge in [0.15, 0.2) is 6.61 Å². The standard InChI is InChI=1S/C29H35N3O2/c1-31-22-29(13-7-6-9-24-8-3-5-12-27(24)34-21-28(31)33)14-16-32(17-15-29)20-23-18-25-10-2-4-11-26(25)30-19-23/h2-5,8,10-12,18-19H,6-7,9,13-17,20-22H2,1H3.